The quantitative estimate of drug-likeness (QED) is 0.815. The molecule has 1 saturated heterocycles. The van der Waals surface area contributed by atoms with Gasteiger partial charge in [-0.05, 0) is 30.5 Å². The predicted molar refractivity (Wildman–Crippen MR) is 62.0 cm³/mol. The lowest BCUT2D eigenvalue weighted by Crippen LogP contribution is -2.21. The van der Waals surface area contributed by atoms with E-state index in [1.165, 1.54) is 4.90 Å². The molecule has 0 aliphatic carbocycles. The van der Waals surface area contributed by atoms with Gasteiger partial charge in [0.05, 0.1) is 6.54 Å². The van der Waals surface area contributed by atoms with E-state index in [4.69, 9.17) is 9.47 Å². The molecule has 0 aromatic heterocycles. The molecule has 5 heteroatoms. The van der Waals surface area contributed by atoms with Crippen molar-refractivity contribution in [1.82, 2.24) is 5.32 Å². The number of benzene rings is 1. The normalized spacial score (nSPS) is 19.1. The van der Waals surface area contributed by atoms with Crippen LogP contribution in [-0.2, 0) is 4.74 Å². The number of rotatable bonds is 4. The Morgan fingerprint density at radius 3 is 2.81 bits per heavy atom. The Kier molecular flexibility index (Phi) is 3.56. The first-order valence-electron chi connectivity index (χ1n) is 4.99. The molecule has 1 unspecified atom stereocenters. The second-order valence-electron chi connectivity index (χ2n) is 3.39. The molecular formula is C11H13NO3S. The molecule has 1 aromatic rings. The van der Waals surface area contributed by atoms with Crippen LogP contribution in [0.1, 0.15) is 0 Å². The first kappa shape index (κ1) is 11.1. The number of thioether (sulfide) groups is 1. The summed E-state index contributed by atoms with van der Waals surface area (Å²) in [5.41, 5.74) is 0. The lowest BCUT2D eigenvalue weighted by molar-refractivity contribution is 0.105. The van der Waals surface area contributed by atoms with Crippen LogP contribution in [0.25, 0.3) is 0 Å². The number of alkyl carbamates (subject to hydrolysis) is 1. The third-order valence-electron chi connectivity index (χ3n) is 2.24. The molecule has 0 saturated carbocycles. The lowest BCUT2D eigenvalue weighted by Gasteiger charge is -2.10. The zero-order chi connectivity index (χ0) is 11.4. The van der Waals surface area contributed by atoms with Gasteiger partial charge in [0.15, 0.2) is 6.10 Å². The molecule has 1 N–H and O–H groups in total. The maximum Gasteiger partial charge on any atom is 0.407 e. The highest BCUT2D eigenvalue weighted by atomic mass is 32.2. The van der Waals surface area contributed by atoms with E-state index in [-0.39, 0.29) is 12.2 Å². The summed E-state index contributed by atoms with van der Waals surface area (Å²) in [5, 5.41) is 2.58. The summed E-state index contributed by atoms with van der Waals surface area (Å²) < 4.78 is 10.5. The molecule has 16 heavy (non-hydrogen) atoms. The molecule has 1 amide bonds. The Bertz CT molecular complexity index is 366. The van der Waals surface area contributed by atoms with Crippen LogP contribution in [0.4, 0.5) is 4.79 Å². The number of hydrogen-bond donors (Lipinski definition) is 1. The van der Waals surface area contributed by atoms with Crippen LogP contribution in [0.2, 0.25) is 0 Å². The van der Waals surface area contributed by atoms with Gasteiger partial charge in [-0.3, -0.25) is 0 Å². The molecule has 1 fully saturated rings. The third kappa shape index (κ3) is 2.82. The zero-order valence-electron chi connectivity index (χ0n) is 8.93. The topological polar surface area (TPSA) is 47.6 Å². The fourth-order valence-electron chi connectivity index (χ4n) is 1.39. The highest BCUT2D eigenvalue weighted by Gasteiger charge is 2.22. The Morgan fingerprint density at radius 1 is 1.50 bits per heavy atom. The van der Waals surface area contributed by atoms with Crippen molar-refractivity contribution in [2.45, 2.75) is 11.0 Å². The Hall–Kier alpha value is -1.36. The first-order chi connectivity index (χ1) is 7.78. The fourth-order valence-corrected chi connectivity index (χ4v) is 1.79. The lowest BCUT2D eigenvalue weighted by atomic mass is 10.3. The van der Waals surface area contributed by atoms with Gasteiger partial charge in [-0.1, -0.05) is 0 Å². The smallest absolute Gasteiger partial charge is 0.407 e. The van der Waals surface area contributed by atoms with Crippen molar-refractivity contribution in [2.24, 2.45) is 0 Å². The van der Waals surface area contributed by atoms with Crippen LogP contribution in [0, 0.1) is 0 Å². The van der Waals surface area contributed by atoms with Gasteiger partial charge in [0, 0.05) is 4.90 Å². The van der Waals surface area contributed by atoms with Crippen molar-refractivity contribution in [3.63, 3.8) is 0 Å². The minimum Gasteiger partial charge on any atom is -0.490 e. The number of amides is 1. The fraction of sp³-hybridized carbons (Fsp3) is 0.364. The average Bonchev–Trinajstić information content (AvgIpc) is 2.73. The second kappa shape index (κ2) is 5.12. The summed E-state index contributed by atoms with van der Waals surface area (Å²) in [5.74, 6) is 0.792. The standard InChI is InChI=1S/C11H13NO3S/c1-16-10-4-2-8(3-5-10)14-7-9-6-12-11(13)15-9/h2-5,9H,6-7H2,1H3,(H,12,13). The van der Waals surface area contributed by atoms with Gasteiger partial charge in [-0.25, -0.2) is 4.79 Å². The molecule has 0 radical (unpaired) electrons. The Labute approximate surface area is 98.3 Å². The van der Waals surface area contributed by atoms with Gasteiger partial charge in [-0.2, -0.15) is 0 Å². The van der Waals surface area contributed by atoms with Crippen LogP contribution in [0.5, 0.6) is 5.75 Å². The summed E-state index contributed by atoms with van der Waals surface area (Å²) in [6.45, 7) is 0.902. The molecule has 0 spiro atoms. The van der Waals surface area contributed by atoms with E-state index < -0.39 is 0 Å². The first-order valence-corrected chi connectivity index (χ1v) is 6.22. The number of cyclic esters (lactones) is 1. The maximum atomic E-state index is 10.8. The van der Waals surface area contributed by atoms with Crippen LogP contribution >= 0.6 is 11.8 Å². The predicted octanol–water partition coefficient (Wildman–Crippen LogP) is 1.90. The van der Waals surface area contributed by atoms with Gasteiger partial charge in [-0.15, -0.1) is 11.8 Å². The molecule has 1 aromatic carbocycles. The Balaban J connectivity index is 1.82. The highest BCUT2D eigenvalue weighted by molar-refractivity contribution is 7.98. The summed E-state index contributed by atoms with van der Waals surface area (Å²) in [6.07, 6.45) is 1.47. The minimum atomic E-state index is -0.369. The van der Waals surface area contributed by atoms with Crippen molar-refractivity contribution in [3.05, 3.63) is 24.3 Å². The molecular weight excluding hydrogens is 226 g/mol. The van der Waals surface area contributed by atoms with Gasteiger partial charge in [0.2, 0.25) is 0 Å². The molecule has 1 aliphatic rings. The van der Waals surface area contributed by atoms with E-state index >= 15 is 0 Å². The van der Waals surface area contributed by atoms with Gasteiger partial charge >= 0.3 is 6.09 Å². The summed E-state index contributed by atoms with van der Waals surface area (Å²) >= 11 is 1.69. The zero-order valence-corrected chi connectivity index (χ0v) is 9.75. The summed E-state index contributed by atoms with van der Waals surface area (Å²) in [6, 6.07) is 7.82. The van der Waals surface area contributed by atoms with E-state index in [0.29, 0.717) is 13.2 Å². The van der Waals surface area contributed by atoms with Crippen molar-refractivity contribution in [2.75, 3.05) is 19.4 Å². The van der Waals surface area contributed by atoms with Crippen LogP contribution < -0.4 is 10.1 Å². The van der Waals surface area contributed by atoms with Crippen molar-refractivity contribution in [3.8, 4) is 5.75 Å². The highest BCUT2D eigenvalue weighted by Crippen LogP contribution is 2.19. The molecule has 1 aliphatic heterocycles. The number of carbonyl (C=O) groups is 1. The number of carbonyl (C=O) groups excluding carboxylic acids is 1. The largest absolute Gasteiger partial charge is 0.490 e. The van der Waals surface area contributed by atoms with Gasteiger partial charge < -0.3 is 14.8 Å². The molecule has 1 heterocycles. The van der Waals surface area contributed by atoms with Crippen LogP contribution in [0.15, 0.2) is 29.2 Å². The van der Waals surface area contributed by atoms with E-state index in [1.807, 2.05) is 30.5 Å². The number of ether oxygens (including phenoxy) is 2. The second-order valence-corrected chi connectivity index (χ2v) is 4.27. The monoisotopic (exact) mass is 239 g/mol. The minimum absolute atomic E-state index is 0.187. The van der Waals surface area contributed by atoms with Gasteiger partial charge in [0.1, 0.15) is 12.4 Å². The maximum absolute atomic E-state index is 10.8. The number of hydrogen-bond acceptors (Lipinski definition) is 4. The van der Waals surface area contributed by atoms with E-state index in [9.17, 15) is 4.79 Å². The molecule has 1 atom stereocenters. The van der Waals surface area contributed by atoms with Crippen LogP contribution in [-0.4, -0.2) is 31.6 Å². The van der Waals surface area contributed by atoms with E-state index in [2.05, 4.69) is 5.32 Å². The molecule has 86 valence electrons. The SMILES string of the molecule is CSc1ccc(OCC2CNC(=O)O2)cc1. The van der Waals surface area contributed by atoms with Crippen molar-refractivity contribution < 1.29 is 14.3 Å². The summed E-state index contributed by atoms with van der Waals surface area (Å²) in [4.78, 5) is 12.0. The van der Waals surface area contributed by atoms with Crippen molar-refractivity contribution >= 4 is 17.9 Å². The van der Waals surface area contributed by atoms with E-state index in [0.717, 1.165) is 5.75 Å². The van der Waals surface area contributed by atoms with E-state index in [1.54, 1.807) is 11.8 Å². The number of nitrogens with one attached hydrogen (secondary N) is 1. The summed E-state index contributed by atoms with van der Waals surface area (Å²) in [7, 11) is 0. The molecule has 4 nitrogen and oxygen atoms in total. The molecule has 0 bridgehead atoms. The van der Waals surface area contributed by atoms with Gasteiger partial charge in [0.25, 0.3) is 0 Å². The average molecular weight is 239 g/mol. The third-order valence-corrected chi connectivity index (χ3v) is 2.99. The van der Waals surface area contributed by atoms with Crippen molar-refractivity contribution in [1.29, 1.82) is 0 Å². The molecule has 2 rings (SSSR count). The Morgan fingerprint density at radius 2 is 2.25 bits per heavy atom. The van der Waals surface area contributed by atoms with Crippen LogP contribution in [0.3, 0.4) is 0 Å².